The molecule has 1 aliphatic heterocycles. The fourth-order valence-corrected chi connectivity index (χ4v) is 2.60. The molecule has 0 aliphatic carbocycles. The number of carbonyl (C=O) groups excluding carboxylic acids is 3. The molecule has 2 amide bonds. The Kier molecular flexibility index (Phi) is 5.12. The molecule has 0 saturated carbocycles. The van der Waals surface area contributed by atoms with E-state index in [0.717, 1.165) is 5.56 Å². The van der Waals surface area contributed by atoms with Gasteiger partial charge in [-0.05, 0) is 35.9 Å². The van der Waals surface area contributed by atoms with Crippen molar-refractivity contribution < 1.29 is 19.1 Å². The summed E-state index contributed by atoms with van der Waals surface area (Å²) in [5, 5.41) is 2.69. The van der Waals surface area contributed by atoms with Crippen molar-refractivity contribution in [2.45, 2.75) is 6.92 Å². The maximum absolute atomic E-state index is 12.4. The fourth-order valence-electron chi connectivity index (χ4n) is 2.60. The van der Waals surface area contributed by atoms with Gasteiger partial charge in [0.05, 0.1) is 6.54 Å². The molecular weight excluding hydrogens is 332 g/mol. The zero-order valence-electron chi connectivity index (χ0n) is 14.3. The third-order valence-electron chi connectivity index (χ3n) is 3.86. The molecule has 6 nitrogen and oxygen atoms in total. The van der Waals surface area contributed by atoms with Crippen LogP contribution in [0.15, 0.2) is 54.6 Å². The number of nitrogens with zero attached hydrogens (tertiary/aromatic N) is 1. The van der Waals surface area contributed by atoms with Crippen LogP contribution < -0.4 is 10.2 Å². The molecule has 6 heteroatoms. The van der Waals surface area contributed by atoms with Crippen molar-refractivity contribution in [1.29, 1.82) is 0 Å². The first kappa shape index (κ1) is 17.4. The summed E-state index contributed by atoms with van der Waals surface area (Å²) in [5.41, 5.74) is 2.68. The second kappa shape index (κ2) is 7.65. The number of benzene rings is 2. The van der Waals surface area contributed by atoms with Crippen LogP contribution in [0.1, 0.15) is 22.8 Å². The third-order valence-corrected chi connectivity index (χ3v) is 3.86. The highest BCUT2D eigenvalue weighted by molar-refractivity contribution is 6.07. The van der Waals surface area contributed by atoms with Gasteiger partial charge in [-0.15, -0.1) is 0 Å². The predicted octanol–water partition coefficient (Wildman–Crippen LogP) is 3.50. The Bertz CT molecular complexity index is 872. The number of cyclic esters (lactones) is 1. The van der Waals surface area contributed by atoms with E-state index in [9.17, 15) is 14.4 Å². The molecular formula is C20H18N2O4. The van der Waals surface area contributed by atoms with E-state index < -0.39 is 6.09 Å². The van der Waals surface area contributed by atoms with Crippen molar-refractivity contribution in [1.82, 2.24) is 0 Å². The van der Waals surface area contributed by atoms with E-state index >= 15 is 0 Å². The van der Waals surface area contributed by atoms with Crippen LogP contribution in [0.2, 0.25) is 0 Å². The van der Waals surface area contributed by atoms with Crippen molar-refractivity contribution in [3.05, 3.63) is 65.7 Å². The zero-order valence-corrected chi connectivity index (χ0v) is 14.3. The van der Waals surface area contributed by atoms with Gasteiger partial charge in [-0.3, -0.25) is 14.5 Å². The lowest BCUT2D eigenvalue weighted by molar-refractivity contribution is -0.114. The van der Waals surface area contributed by atoms with Crippen LogP contribution in [0.5, 0.6) is 0 Å². The number of anilines is 2. The summed E-state index contributed by atoms with van der Waals surface area (Å²) in [5.74, 6) is -0.296. The highest BCUT2D eigenvalue weighted by Crippen LogP contribution is 2.20. The van der Waals surface area contributed by atoms with E-state index in [2.05, 4.69) is 5.32 Å². The number of amides is 2. The Morgan fingerprint density at radius 2 is 1.92 bits per heavy atom. The lowest BCUT2D eigenvalue weighted by atomic mass is 10.1. The minimum Gasteiger partial charge on any atom is -0.447 e. The number of rotatable bonds is 5. The Hall–Kier alpha value is -3.41. The van der Waals surface area contributed by atoms with Gasteiger partial charge in [-0.1, -0.05) is 30.3 Å². The average Bonchev–Trinajstić information content (AvgIpc) is 3.06. The van der Waals surface area contributed by atoms with Gasteiger partial charge in [0, 0.05) is 23.9 Å². The van der Waals surface area contributed by atoms with Crippen LogP contribution in [-0.4, -0.2) is 30.9 Å². The summed E-state index contributed by atoms with van der Waals surface area (Å²) >= 11 is 0. The quantitative estimate of drug-likeness (QED) is 0.661. The van der Waals surface area contributed by atoms with Crippen LogP contribution in [0, 0.1) is 0 Å². The van der Waals surface area contributed by atoms with E-state index in [0.29, 0.717) is 30.1 Å². The lowest BCUT2D eigenvalue weighted by Crippen LogP contribution is -2.23. The Balaban J connectivity index is 1.70. The third kappa shape index (κ3) is 4.16. The number of carbonyl (C=O) groups is 3. The Morgan fingerprint density at radius 3 is 2.58 bits per heavy atom. The van der Waals surface area contributed by atoms with Crippen LogP contribution in [0.25, 0.3) is 6.08 Å². The SMILES string of the molecule is CC(=O)Nc1ccc(/C=C/C(=O)c2cccc(N3CCOC3=O)c2)cc1. The summed E-state index contributed by atoms with van der Waals surface area (Å²) in [4.78, 5) is 36.6. The number of ether oxygens (including phenoxy) is 1. The highest BCUT2D eigenvalue weighted by Gasteiger charge is 2.23. The molecule has 26 heavy (non-hydrogen) atoms. The smallest absolute Gasteiger partial charge is 0.414 e. The fraction of sp³-hybridized carbons (Fsp3) is 0.150. The predicted molar refractivity (Wildman–Crippen MR) is 99.2 cm³/mol. The molecule has 1 aliphatic rings. The molecule has 0 unspecified atom stereocenters. The largest absolute Gasteiger partial charge is 0.447 e. The number of ketones is 1. The van der Waals surface area contributed by atoms with E-state index in [-0.39, 0.29) is 11.7 Å². The summed E-state index contributed by atoms with van der Waals surface area (Å²) in [6.07, 6.45) is 2.79. The average molecular weight is 350 g/mol. The van der Waals surface area contributed by atoms with E-state index in [1.165, 1.54) is 17.9 Å². The second-order valence-corrected chi connectivity index (χ2v) is 5.82. The topological polar surface area (TPSA) is 75.7 Å². The monoisotopic (exact) mass is 350 g/mol. The molecule has 0 aromatic heterocycles. The molecule has 1 fully saturated rings. The number of nitrogens with one attached hydrogen (secondary N) is 1. The molecule has 2 aromatic carbocycles. The minimum absolute atomic E-state index is 0.134. The van der Waals surface area contributed by atoms with Crippen molar-refractivity contribution in [2.24, 2.45) is 0 Å². The molecule has 132 valence electrons. The maximum atomic E-state index is 12.4. The van der Waals surface area contributed by atoms with Gasteiger partial charge in [-0.25, -0.2) is 4.79 Å². The molecule has 1 saturated heterocycles. The molecule has 3 rings (SSSR count). The van der Waals surface area contributed by atoms with Gasteiger partial charge in [-0.2, -0.15) is 0 Å². The van der Waals surface area contributed by atoms with E-state index in [4.69, 9.17) is 4.74 Å². The van der Waals surface area contributed by atoms with Gasteiger partial charge in [0.2, 0.25) is 5.91 Å². The summed E-state index contributed by atoms with van der Waals surface area (Å²) in [6.45, 7) is 2.28. The Morgan fingerprint density at radius 1 is 1.15 bits per heavy atom. The number of hydrogen-bond acceptors (Lipinski definition) is 4. The highest BCUT2D eigenvalue weighted by atomic mass is 16.6. The van der Waals surface area contributed by atoms with Gasteiger partial charge in [0.15, 0.2) is 5.78 Å². The molecule has 0 atom stereocenters. The van der Waals surface area contributed by atoms with Gasteiger partial charge in [0.25, 0.3) is 0 Å². The molecule has 2 aromatic rings. The van der Waals surface area contributed by atoms with Gasteiger partial charge < -0.3 is 10.1 Å². The van der Waals surface area contributed by atoms with E-state index in [1.807, 2.05) is 12.1 Å². The van der Waals surface area contributed by atoms with Crippen molar-refractivity contribution in [3.8, 4) is 0 Å². The van der Waals surface area contributed by atoms with Crippen LogP contribution in [0.3, 0.4) is 0 Å². The molecule has 1 heterocycles. The molecule has 0 spiro atoms. The van der Waals surface area contributed by atoms with Gasteiger partial charge >= 0.3 is 6.09 Å². The number of hydrogen-bond donors (Lipinski definition) is 1. The van der Waals surface area contributed by atoms with E-state index in [1.54, 1.807) is 42.5 Å². The number of allylic oxidation sites excluding steroid dienone is 1. The maximum Gasteiger partial charge on any atom is 0.414 e. The summed E-state index contributed by atoms with van der Waals surface area (Å²) in [7, 11) is 0. The van der Waals surface area contributed by atoms with Crippen molar-refractivity contribution >= 4 is 35.2 Å². The normalized spacial score (nSPS) is 13.7. The molecule has 0 bridgehead atoms. The van der Waals surface area contributed by atoms with Gasteiger partial charge in [0.1, 0.15) is 6.61 Å². The second-order valence-electron chi connectivity index (χ2n) is 5.82. The molecule has 1 N–H and O–H groups in total. The van der Waals surface area contributed by atoms with Crippen LogP contribution in [-0.2, 0) is 9.53 Å². The molecule has 0 radical (unpaired) electrons. The summed E-state index contributed by atoms with van der Waals surface area (Å²) in [6, 6.07) is 14.1. The van der Waals surface area contributed by atoms with Crippen LogP contribution >= 0.6 is 0 Å². The standard InChI is InChI=1S/C20H18N2O4/c1-14(23)21-17-8-5-15(6-9-17)7-10-19(24)16-3-2-4-18(13-16)22-11-12-26-20(22)25/h2-10,13H,11-12H2,1H3,(H,21,23)/b10-7+. The minimum atomic E-state index is -0.399. The zero-order chi connectivity index (χ0) is 18.5. The van der Waals surface area contributed by atoms with Crippen molar-refractivity contribution in [3.63, 3.8) is 0 Å². The van der Waals surface area contributed by atoms with Crippen molar-refractivity contribution in [2.75, 3.05) is 23.4 Å². The first-order valence-electron chi connectivity index (χ1n) is 8.17. The van der Waals surface area contributed by atoms with Crippen LogP contribution in [0.4, 0.5) is 16.2 Å². The summed E-state index contributed by atoms with van der Waals surface area (Å²) < 4.78 is 4.92. The first-order chi connectivity index (χ1) is 12.5. The Labute approximate surface area is 151 Å². The first-order valence-corrected chi connectivity index (χ1v) is 8.17. The lowest BCUT2D eigenvalue weighted by Gasteiger charge is -2.13.